The minimum absolute atomic E-state index is 0.0201. The van der Waals surface area contributed by atoms with Crippen LogP contribution in [0.4, 0.5) is 0 Å². The first kappa shape index (κ1) is 51.6. The van der Waals surface area contributed by atoms with E-state index in [1.54, 1.807) is 14.2 Å². The van der Waals surface area contributed by atoms with Crippen LogP contribution in [0.25, 0.3) is 111 Å². The summed E-state index contributed by atoms with van der Waals surface area (Å²) in [5.41, 5.74) is 27.9. The predicted octanol–water partition coefficient (Wildman–Crippen LogP) is 19.0. The Bertz CT molecular complexity index is 4080. The average Bonchev–Trinajstić information content (AvgIpc) is 4.04. The molecule has 0 aliphatic heterocycles. The van der Waals surface area contributed by atoms with Gasteiger partial charge in [0.25, 0.3) is 0 Å². The maximum absolute atomic E-state index is 9.73. The molecule has 82 heavy (non-hydrogen) atoms. The molecule has 13 rings (SSSR count). The Morgan fingerprint density at radius 3 is 0.695 bits per heavy atom. The van der Waals surface area contributed by atoms with E-state index in [2.05, 4.69) is 231 Å². The highest BCUT2D eigenvalue weighted by Crippen LogP contribution is 2.56. The average molecular weight is 1060 g/mol. The number of hydrogen-bond donors (Lipinski definition) is 2. The fourth-order valence-electron chi connectivity index (χ4n) is 12.0. The second-order valence-corrected chi connectivity index (χ2v) is 21.5. The van der Waals surface area contributed by atoms with Gasteiger partial charge in [0, 0.05) is 5.41 Å². The summed E-state index contributed by atoms with van der Waals surface area (Å²) in [6, 6.07) is 98.5. The van der Waals surface area contributed by atoms with Crippen LogP contribution in [0.3, 0.4) is 0 Å². The Hall–Kier alpha value is -9.84. The van der Waals surface area contributed by atoms with Gasteiger partial charge in [0.05, 0.1) is 27.4 Å². The van der Waals surface area contributed by atoms with Crippen LogP contribution >= 0.6 is 0 Å². The van der Waals surface area contributed by atoms with Gasteiger partial charge in [0.1, 0.15) is 11.5 Å². The number of methoxy groups -OCH3 is 2. The number of benzene rings is 12. The third kappa shape index (κ3) is 9.79. The number of rotatable bonds is 14. The molecule has 2 N–H and O–H groups in total. The van der Waals surface area contributed by atoms with Gasteiger partial charge in [-0.25, -0.2) is 0 Å². The Morgan fingerprint density at radius 2 is 0.439 bits per heavy atom. The lowest BCUT2D eigenvalue weighted by Gasteiger charge is -2.32. The third-order valence-electron chi connectivity index (χ3n) is 16.8. The Morgan fingerprint density at radius 1 is 0.244 bits per heavy atom. The molecule has 396 valence electrons. The highest BCUT2D eigenvalue weighted by molar-refractivity contribution is 5.91. The topological polar surface area (TPSA) is 58.9 Å². The van der Waals surface area contributed by atoms with Gasteiger partial charge in [-0.1, -0.05) is 231 Å². The molecule has 0 spiro atoms. The summed E-state index contributed by atoms with van der Waals surface area (Å²) in [5.74, 6) is 1.68. The fourth-order valence-corrected chi connectivity index (χ4v) is 12.0. The second-order valence-electron chi connectivity index (χ2n) is 21.5. The monoisotopic (exact) mass is 1060 g/mol. The van der Waals surface area contributed by atoms with Crippen molar-refractivity contribution in [1.82, 2.24) is 0 Å². The van der Waals surface area contributed by atoms with E-state index in [1.807, 2.05) is 48.5 Å². The Balaban J connectivity index is 0.947. The highest BCUT2D eigenvalue weighted by atomic mass is 16.5. The van der Waals surface area contributed by atoms with E-state index >= 15 is 0 Å². The number of aliphatic hydroxyl groups is 2. The molecule has 12 aromatic carbocycles. The largest absolute Gasteiger partial charge is 0.497 e. The predicted molar refractivity (Wildman–Crippen MR) is 338 cm³/mol. The van der Waals surface area contributed by atoms with Crippen LogP contribution in [0.5, 0.6) is 11.5 Å². The van der Waals surface area contributed by atoms with E-state index in [-0.39, 0.29) is 13.2 Å². The van der Waals surface area contributed by atoms with E-state index in [0.717, 1.165) is 117 Å². The summed E-state index contributed by atoms with van der Waals surface area (Å²) in [7, 11) is 3.39. The van der Waals surface area contributed by atoms with Crippen LogP contribution in [0, 0.1) is 0 Å². The van der Waals surface area contributed by atoms with Crippen molar-refractivity contribution >= 4 is 0 Å². The zero-order chi connectivity index (χ0) is 55.7. The molecule has 4 nitrogen and oxygen atoms in total. The number of hydrogen-bond acceptors (Lipinski definition) is 4. The molecular formula is C78H60O4. The zero-order valence-corrected chi connectivity index (χ0v) is 46.1. The second kappa shape index (κ2) is 22.0. The summed E-state index contributed by atoms with van der Waals surface area (Å²) < 4.78 is 10.9. The van der Waals surface area contributed by atoms with Crippen LogP contribution in [0.1, 0.15) is 34.7 Å². The first-order valence-electron chi connectivity index (χ1n) is 27.9. The molecule has 0 bridgehead atoms. The van der Waals surface area contributed by atoms with Crippen LogP contribution < -0.4 is 9.47 Å². The minimum atomic E-state index is -0.621. The lowest BCUT2D eigenvalue weighted by Crippen LogP contribution is -2.24. The summed E-state index contributed by atoms with van der Waals surface area (Å²) in [6.45, 7) is 2.49. The van der Waals surface area contributed by atoms with E-state index in [1.165, 1.54) is 33.4 Å². The molecule has 0 heterocycles. The number of aliphatic hydroxyl groups excluding tert-OH is 2. The van der Waals surface area contributed by atoms with Crippen molar-refractivity contribution in [2.75, 3.05) is 14.2 Å². The molecule has 0 amide bonds. The molecule has 0 saturated heterocycles. The summed E-state index contributed by atoms with van der Waals surface area (Å²) in [5, 5.41) is 19.4. The minimum Gasteiger partial charge on any atom is -0.497 e. The molecule has 0 radical (unpaired) electrons. The summed E-state index contributed by atoms with van der Waals surface area (Å²) >= 11 is 0. The molecule has 12 aromatic rings. The fraction of sp³-hybridized carbons (Fsp3) is 0.0769. The summed E-state index contributed by atoms with van der Waals surface area (Å²) in [6.07, 6.45) is 0. The highest BCUT2D eigenvalue weighted by Gasteiger charge is 2.43. The van der Waals surface area contributed by atoms with Gasteiger partial charge < -0.3 is 19.7 Å². The van der Waals surface area contributed by atoms with Crippen LogP contribution in [-0.4, -0.2) is 24.4 Å². The molecule has 0 fully saturated rings. The van der Waals surface area contributed by atoms with Gasteiger partial charge in [0.2, 0.25) is 0 Å². The normalized spacial score (nSPS) is 13.3. The van der Waals surface area contributed by atoms with E-state index < -0.39 is 5.41 Å². The van der Waals surface area contributed by atoms with Crippen molar-refractivity contribution in [3.05, 3.63) is 301 Å². The number of fused-ring (bicyclic) bond motifs is 3. The lowest BCUT2D eigenvalue weighted by molar-refractivity contribution is 0.281. The standard InChI is InChI=1S/C78H60O4/c1-78(75-46-67(63-22-16-55(17-23-63)53-8-4-51(49-79)5-9-53)36-43-72(75)66-30-28-60(29-31-66)57-12-14-58(15-13-57)61-32-39-70(81-2)40-33-61)76-47-68(64-24-18-56(19-25-64)54-10-6-52(50-80)7-11-54)37-44-73(76)74-45-38-69(48-77(74)78)65-26-20-59(21-27-65)62-34-41-71(82-3)42-35-62/h4-48,79-80H,49-50H2,1-3H3. The molecule has 4 heteroatoms. The zero-order valence-electron chi connectivity index (χ0n) is 46.1. The maximum atomic E-state index is 9.73. The molecule has 1 aliphatic carbocycles. The van der Waals surface area contributed by atoms with E-state index in [0.29, 0.717) is 0 Å². The van der Waals surface area contributed by atoms with E-state index in [9.17, 15) is 10.2 Å². The molecule has 1 aliphatic rings. The van der Waals surface area contributed by atoms with E-state index in [4.69, 9.17) is 9.47 Å². The Labute approximate surface area is 480 Å². The van der Waals surface area contributed by atoms with Gasteiger partial charge in [-0.3, -0.25) is 0 Å². The van der Waals surface area contributed by atoms with Crippen molar-refractivity contribution in [1.29, 1.82) is 0 Å². The molecule has 0 aromatic heterocycles. The number of ether oxygens (including phenoxy) is 2. The van der Waals surface area contributed by atoms with Gasteiger partial charge in [0.15, 0.2) is 0 Å². The van der Waals surface area contributed by atoms with Crippen LogP contribution in [-0.2, 0) is 18.6 Å². The molecular weight excluding hydrogens is 1000 g/mol. The van der Waals surface area contributed by atoms with Gasteiger partial charge >= 0.3 is 0 Å². The maximum Gasteiger partial charge on any atom is 0.118 e. The first-order valence-corrected chi connectivity index (χ1v) is 27.9. The SMILES string of the molecule is COc1ccc(-c2ccc(-c3ccc(-c4ccc(-c5ccc(-c6ccc(CO)cc6)cc5)cc4C4(C)c5cc(-c6ccc(-c7ccc(CO)cc7)cc6)ccc5-c5ccc(-c6ccc(-c7ccc(OC)cc7)cc6)cc54)cc3)cc2)cc1. The van der Waals surface area contributed by atoms with Crippen LogP contribution in [0.15, 0.2) is 273 Å². The quantitative estimate of drug-likeness (QED) is 0.114. The Kier molecular flexibility index (Phi) is 13.8. The van der Waals surface area contributed by atoms with Crippen molar-refractivity contribution < 1.29 is 19.7 Å². The van der Waals surface area contributed by atoms with Crippen molar-refractivity contribution in [3.8, 4) is 123 Å². The molecule has 0 saturated carbocycles. The lowest BCUT2D eigenvalue weighted by atomic mass is 9.70. The molecule has 1 unspecified atom stereocenters. The smallest absolute Gasteiger partial charge is 0.118 e. The third-order valence-corrected chi connectivity index (χ3v) is 16.8. The van der Waals surface area contributed by atoms with Crippen LogP contribution in [0.2, 0.25) is 0 Å². The van der Waals surface area contributed by atoms with Gasteiger partial charge in [-0.2, -0.15) is 0 Å². The molecule has 1 atom stereocenters. The van der Waals surface area contributed by atoms with Gasteiger partial charge in [-0.15, -0.1) is 0 Å². The first-order chi connectivity index (χ1) is 40.3. The van der Waals surface area contributed by atoms with Crippen molar-refractivity contribution in [2.24, 2.45) is 0 Å². The van der Waals surface area contributed by atoms with Gasteiger partial charge in [-0.05, 0) is 188 Å². The van der Waals surface area contributed by atoms with Crippen molar-refractivity contribution in [3.63, 3.8) is 0 Å². The van der Waals surface area contributed by atoms with Crippen molar-refractivity contribution in [2.45, 2.75) is 25.6 Å². The summed E-state index contributed by atoms with van der Waals surface area (Å²) in [4.78, 5) is 0.